The lowest BCUT2D eigenvalue weighted by molar-refractivity contribution is 0.668. The van der Waals surface area contributed by atoms with Gasteiger partial charge in [-0.1, -0.05) is 115 Å². The van der Waals surface area contributed by atoms with E-state index in [1.165, 1.54) is 5.39 Å². The molecule has 294 valence electrons. The molecule has 0 saturated heterocycles. The molecule has 0 aliphatic rings. The predicted molar refractivity (Wildman–Crippen MR) is 251 cm³/mol. The van der Waals surface area contributed by atoms with Crippen molar-refractivity contribution in [2.24, 2.45) is 0 Å². The van der Waals surface area contributed by atoms with Crippen molar-refractivity contribution in [3.8, 4) is 56.9 Å². The molecular formula is C54H32N8O. The third-order valence-corrected chi connectivity index (χ3v) is 11.9. The molecule has 7 aromatic carbocycles. The van der Waals surface area contributed by atoms with E-state index in [1.54, 1.807) is 0 Å². The summed E-state index contributed by atoms with van der Waals surface area (Å²) >= 11 is 0. The van der Waals surface area contributed by atoms with Gasteiger partial charge in [0, 0.05) is 61.1 Å². The molecule has 0 unspecified atom stereocenters. The molecule has 6 aromatic heterocycles. The van der Waals surface area contributed by atoms with Crippen LogP contribution >= 0.6 is 0 Å². The van der Waals surface area contributed by atoms with Crippen LogP contribution < -0.4 is 0 Å². The molecule has 0 radical (unpaired) electrons. The van der Waals surface area contributed by atoms with Crippen LogP contribution in [0, 0.1) is 0 Å². The van der Waals surface area contributed by atoms with Crippen LogP contribution in [-0.4, -0.2) is 39.0 Å². The Morgan fingerprint density at radius 2 is 1.00 bits per heavy atom. The van der Waals surface area contributed by atoms with E-state index in [4.69, 9.17) is 29.3 Å². The van der Waals surface area contributed by atoms with Crippen LogP contribution in [0.4, 0.5) is 0 Å². The molecular weight excluding hydrogens is 777 g/mol. The highest BCUT2D eigenvalue weighted by Gasteiger charge is 2.20. The monoisotopic (exact) mass is 808 g/mol. The Morgan fingerprint density at radius 1 is 0.381 bits per heavy atom. The Labute approximate surface area is 359 Å². The molecule has 63 heavy (non-hydrogen) atoms. The van der Waals surface area contributed by atoms with Gasteiger partial charge in [-0.3, -0.25) is 14.5 Å². The van der Waals surface area contributed by atoms with Crippen molar-refractivity contribution < 1.29 is 4.42 Å². The van der Waals surface area contributed by atoms with Gasteiger partial charge >= 0.3 is 0 Å². The van der Waals surface area contributed by atoms with Gasteiger partial charge in [-0.25, -0.2) is 9.97 Å². The van der Waals surface area contributed by atoms with Crippen LogP contribution in [0.3, 0.4) is 0 Å². The molecule has 0 saturated carbocycles. The van der Waals surface area contributed by atoms with Crippen LogP contribution in [0.15, 0.2) is 199 Å². The standard InChI is InChI=1S/C54H32N8O/c1-3-12-33(13-4-1)52-58-53(34-14-5-2-6-15-34)60-54(59-52)62-46-19-10-8-17-39(46)41-28-35(22-25-47(41)62)43-31-55-32-44(57-43)36-21-24-40-38-16-7-9-18-45(38)61(48(40)29-36)37-23-26-49-42(30-37)51-50(63-49)20-11-27-56-51/h1-32H. The molecule has 0 amide bonds. The van der Waals surface area contributed by atoms with E-state index in [1.807, 2.05) is 97.5 Å². The minimum atomic E-state index is 0.547. The largest absolute Gasteiger partial charge is 0.454 e. The zero-order valence-corrected chi connectivity index (χ0v) is 33.5. The fraction of sp³-hybridized carbons (Fsp3) is 0. The zero-order valence-electron chi connectivity index (χ0n) is 33.5. The van der Waals surface area contributed by atoms with Gasteiger partial charge in [-0.15, -0.1) is 0 Å². The maximum atomic E-state index is 6.13. The van der Waals surface area contributed by atoms with Gasteiger partial charge in [0.1, 0.15) is 11.1 Å². The molecule has 0 N–H and O–H groups in total. The molecule has 9 nitrogen and oxygen atoms in total. The number of benzene rings is 7. The first-order chi connectivity index (χ1) is 31.2. The number of hydrogen-bond acceptors (Lipinski definition) is 7. The zero-order chi connectivity index (χ0) is 41.4. The molecule has 9 heteroatoms. The second-order valence-corrected chi connectivity index (χ2v) is 15.6. The van der Waals surface area contributed by atoms with Crippen molar-refractivity contribution in [3.05, 3.63) is 195 Å². The number of para-hydroxylation sites is 2. The topological polar surface area (TPSA) is 100 Å². The molecule has 0 atom stereocenters. The summed E-state index contributed by atoms with van der Waals surface area (Å²) in [6.07, 6.45) is 5.48. The summed E-state index contributed by atoms with van der Waals surface area (Å²) in [5.74, 6) is 1.76. The number of rotatable bonds is 6. The molecule has 13 aromatic rings. The van der Waals surface area contributed by atoms with Crippen molar-refractivity contribution in [3.63, 3.8) is 0 Å². The maximum Gasteiger partial charge on any atom is 0.238 e. The predicted octanol–water partition coefficient (Wildman–Crippen LogP) is 12.8. The SMILES string of the molecule is c1ccc(-c2nc(-c3ccccc3)nc(-n3c4ccccc4c4cc(-c5cncc(-c6ccc7c8ccccc8n(-c8ccc9oc%10cccnc%10c9c8)c7c6)n5)ccc43)n2)cc1. The number of pyridine rings is 1. The lowest BCUT2D eigenvalue weighted by Gasteiger charge is -2.11. The second kappa shape index (κ2) is 13.9. The number of furan rings is 1. The molecule has 0 spiro atoms. The molecule has 13 rings (SSSR count). The highest BCUT2D eigenvalue weighted by molar-refractivity contribution is 6.12. The number of nitrogens with zero attached hydrogens (tertiary/aromatic N) is 8. The Balaban J connectivity index is 0.937. The van der Waals surface area contributed by atoms with E-state index in [9.17, 15) is 0 Å². The number of aromatic nitrogens is 8. The summed E-state index contributed by atoms with van der Waals surface area (Å²) in [5.41, 5.74) is 12.9. The van der Waals surface area contributed by atoms with E-state index in [0.717, 1.165) is 99.6 Å². The quantitative estimate of drug-likeness (QED) is 0.165. The van der Waals surface area contributed by atoms with E-state index >= 15 is 0 Å². The summed E-state index contributed by atoms with van der Waals surface area (Å²) in [6.45, 7) is 0. The third-order valence-electron chi connectivity index (χ3n) is 11.9. The van der Waals surface area contributed by atoms with Gasteiger partial charge in [0.05, 0.1) is 45.8 Å². The van der Waals surface area contributed by atoms with Crippen molar-refractivity contribution in [1.29, 1.82) is 0 Å². The fourth-order valence-corrected chi connectivity index (χ4v) is 9.02. The van der Waals surface area contributed by atoms with E-state index < -0.39 is 0 Å². The minimum Gasteiger partial charge on any atom is -0.454 e. The Hall–Kier alpha value is -8.82. The van der Waals surface area contributed by atoms with Gasteiger partial charge < -0.3 is 8.98 Å². The highest BCUT2D eigenvalue weighted by Crippen LogP contribution is 2.38. The first-order valence-corrected chi connectivity index (χ1v) is 20.8. The van der Waals surface area contributed by atoms with Crippen LogP contribution in [0.2, 0.25) is 0 Å². The molecule has 0 aliphatic carbocycles. The highest BCUT2D eigenvalue weighted by atomic mass is 16.3. The average molecular weight is 809 g/mol. The normalized spacial score (nSPS) is 11.8. The van der Waals surface area contributed by atoms with Gasteiger partial charge in [-0.05, 0) is 60.7 Å². The maximum absolute atomic E-state index is 6.13. The van der Waals surface area contributed by atoms with Gasteiger partial charge in [0.25, 0.3) is 0 Å². The van der Waals surface area contributed by atoms with E-state index in [-0.39, 0.29) is 0 Å². The first kappa shape index (κ1) is 35.0. The van der Waals surface area contributed by atoms with Gasteiger partial charge in [0.15, 0.2) is 17.2 Å². The Bertz CT molecular complexity index is 3870. The van der Waals surface area contributed by atoms with Crippen LogP contribution in [0.5, 0.6) is 0 Å². The number of hydrogen-bond donors (Lipinski definition) is 0. The summed E-state index contributed by atoms with van der Waals surface area (Å²) in [4.78, 5) is 29.8. The minimum absolute atomic E-state index is 0.547. The van der Waals surface area contributed by atoms with Crippen molar-refractivity contribution >= 4 is 65.7 Å². The van der Waals surface area contributed by atoms with Crippen LogP contribution in [-0.2, 0) is 0 Å². The smallest absolute Gasteiger partial charge is 0.238 e. The van der Waals surface area contributed by atoms with Crippen LogP contribution in [0.1, 0.15) is 0 Å². The van der Waals surface area contributed by atoms with E-state index in [2.05, 4.69) is 111 Å². The summed E-state index contributed by atoms with van der Waals surface area (Å²) < 4.78 is 10.6. The van der Waals surface area contributed by atoms with E-state index in [0.29, 0.717) is 17.6 Å². The van der Waals surface area contributed by atoms with Crippen molar-refractivity contribution in [1.82, 2.24) is 39.0 Å². The molecule has 0 aliphatic heterocycles. The molecule has 0 fully saturated rings. The lowest BCUT2D eigenvalue weighted by Crippen LogP contribution is -2.06. The lowest BCUT2D eigenvalue weighted by atomic mass is 10.1. The van der Waals surface area contributed by atoms with Crippen molar-refractivity contribution in [2.75, 3.05) is 0 Å². The van der Waals surface area contributed by atoms with Gasteiger partial charge in [-0.2, -0.15) is 9.97 Å². The summed E-state index contributed by atoms with van der Waals surface area (Å²) in [5, 5.41) is 5.44. The molecule has 6 heterocycles. The Kier molecular flexibility index (Phi) is 7.70. The van der Waals surface area contributed by atoms with Crippen LogP contribution in [0.25, 0.3) is 123 Å². The fourth-order valence-electron chi connectivity index (χ4n) is 9.02. The molecule has 0 bridgehead atoms. The summed E-state index contributed by atoms with van der Waals surface area (Å²) in [6, 6.07) is 60.2. The number of fused-ring (bicyclic) bond motifs is 9. The second-order valence-electron chi connectivity index (χ2n) is 15.6. The third kappa shape index (κ3) is 5.64. The average Bonchev–Trinajstić information content (AvgIpc) is 4.01. The first-order valence-electron chi connectivity index (χ1n) is 20.8. The van der Waals surface area contributed by atoms with Crippen molar-refractivity contribution in [2.45, 2.75) is 0 Å². The Morgan fingerprint density at radius 3 is 1.75 bits per heavy atom. The summed E-state index contributed by atoms with van der Waals surface area (Å²) in [7, 11) is 0. The van der Waals surface area contributed by atoms with Gasteiger partial charge in [0.2, 0.25) is 5.95 Å².